The molecule has 0 spiro atoms. The van der Waals surface area contributed by atoms with Gasteiger partial charge in [-0.15, -0.1) is 0 Å². The fourth-order valence-corrected chi connectivity index (χ4v) is 5.13. The van der Waals surface area contributed by atoms with E-state index in [9.17, 15) is 0 Å². The van der Waals surface area contributed by atoms with Gasteiger partial charge in [0.1, 0.15) is 11.9 Å². The van der Waals surface area contributed by atoms with E-state index in [1.54, 1.807) is 0 Å². The monoisotopic (exact) mass is 271 g/mol. The highest BCUT2D eigenvalue weighted by atomic mass is 16.5. The van der Waals surface area contributed by atoms with Crippen LogP contribution in [0.2, 0.25) is 0 Å². The summed E-state index contributed by atoms with van der Waals surface area (Å²) in [7, 11) is 0. The van der Waals surface area contributed by atoms with Gasteiger partial charge in [0.2, 0.25) is 0 Å². The predicted molar refractivity (Wildman–Crippen MR) is 80.7 cm³/mol. The molecule has 2 nitrogen and oxygen atoms in total. The molecule has 5 rings (SSSR count). The molecule has 0 radical (unpaired) electrons. The smallest absolute Gasteiger partial charge is 0.119 e. The Bertz CT molecular complexity index is 439. The van der Waals surface area contributed by atoms with Crippen molar-refractivity contribution in [2.75, 3.05) is 6.54 Å². The van der Waals surface area contributed by atoms with Gasteiger partial charge in [-0.1, -0.05) is 12.1 Å². The molecule has 0 saturated heterocycles. The molecule has 4 bridgehead atoms. The number of hydrogen-bond donors (Lipinski definition) is 1. The molecule has 1 aromatic rings. The van der Waals surface area contributed by atoms with Crippen LogP contribution in [0.3, 0.4) is 0 Å². The minimum atomic E-state index is 0.489. The Morgan fingerprint density at radius 2 is 1.50 bits per heavy atom. The van der Waals surface area contributed by atoms with E-state index in [1.807, 2.05) is 0 Å². The number of nitrogens with two attached hydrogens (primary N) is 1. The topological polar surface area (TPSA) is 35.2 Å². The first kappa shape index (κ1) is 12.7. The summed E-state index contributed by atoms with van der Waals surface area (Å²) in [6.07, 6.45) is 8.63. The van der Waals surface area contributed by atoms with Gasteiger partial charge >= 0.3 is 0 Å². The predicted octanol–water partition coefficient (Wildman–Crippen LogP) is 3.39. The third kappa shape index (κ3) is 2.24. The Labute approximate surface area is 121 Å². The quantitative estimate of drug-likeness (QED) is 0.911. The highest BCUT2D eigenvalue weighted by Crippen LogP contribution is 2.54. The van der Waals surface area contributed by atoms with E-state index in [0.717, 1.165) is 42.4 Å². The first-order chi connectivity index (χ1) is 9.81. The Balaban J connectivity index is 1.46. The van der Waals surface area contributed by atoms with Crippen LogP contribution in [-0.2, 0) is 6.42 Å². The maximum atomic E-state index is 6.39. The number of ether oxygens (including phenoxy) is 1. The van der Waals surface area contributed by atoms with E-state index < -0.39 is 0 Å². The maximum Gasteiger partial charge on any atom is 0.119 e. The summed E-state index contributed by atoms with van der Waals surface area (Å²) >= 11 is 0. The summed E-state index contributed by atoms with van der Waals surface area (Å²) in [4.78, 5) is 0. The first-order valence-electron chi connectivity index (χ1n) is 8.27. The van der Waals surface area contributed by atoms with Crippen molar-refractivity contribution < 1.29 is 4.74 Å². The zero-order valence-corrected chi connectivity index (χ0v) is 12.1. The van der Waals surface area contributed by atoms with Crippen molar-refractivity contribution in [2.24, 2.45) is 29.4 Å². The molecule has 0 aliphatic heterocycles. The molecule has 4 saturated carbocycles. The van der Waals surface area contributed by atoms with Crippen LogP contribution < -0.4 is 10.5 Å². The van der Waals surface area contributed by atoms with Crippen molar-refractivity contribution in [3.63, 3.8) is 0 Å². The lowest BCUT2D eigenvalue weighted by Crippen LogP contribution is -2.50. The van der Waals surface area contributed by atoms with Crippen molar-refractivity contribution in [1.29, 1.82) is 0 Å². The van der Waals surface area contributed by atoms with Crippen molar-refractivity contribution in [1.82, 2.24) is 0 Å². The van der Waals surface area contributed by atoms with Gasteiger partial charge in [-0.25, -0.2) is 0 Å². The van der Waals surface area contributed by atoms with Gasteiger partial charge in [0.25, 0.3) is 0 Å². The van der Waals surface area contributed by atoms with Crippen LogP contribution in [-0.4, -0.2) is 12.6 Å². The first-order valence-corrected chi connectivity index (χ1v) is 8.27. The molecule has 1 aromatic carbocycles. The normalized spacial score (nSPS) is 38.1. The highest BCUT2D eigenvalue weighted by Gasteiger charge is 2.49. The minimum absolute atomic E-state index is 0.489. The summed E-state index contributed by atoms with van der Waals surface area (Å²) in [6.45, 7) is 0.718. The second-order valence-corrected chi connectivity index (χ2v) is 7.20. The van der Waals surface area contributed by atoms with Crippen molar-refractivity contribution >= 4 is 0 Å². The van der Waals surface area contributed by atoms with E-state index in [-0.39, 0.29) is 0 Å². The lowest BCUT2D eigenvalue weighted by Gasteiger charge is -2.53. The SMILES string of the molecule is NCCc1ccc(OC2C3CC4CC(C3)CC2C4)cc1. The summed E-state index contributed by atoms with van der Waals surface area (Å²) in [5.74, 6) is 4.75. The number of benzene rings is 1. The molecule has 0 amide bonds. The van der Waals surface area contributed by atoms with Crippen LogP contribution in [0.1, 0.15) is 37.7 Å². The molecule has 4 aliphatic rings. The number of hydrogen-bond acceptors (Lipinski definition) is 2. The minimum Gasteiger partial charge on any atom is -0.490 e. The van der Waals surface area contributed by atoms with Crippen molar-refractivity contribution in [2.45, 2.75) is 44.6 Å². The molecule has 2 heteroatoms. The van der Waals surface area contributed by atoms with Gasteiger partial charge in [0.05, 0.1) is 0 Å². The molecule has 0 aromatic heterocycles. The molecule has 4 fully saturated rings. The summed E-state index contributed by atoms with van der Waals surface area (Å²) in [6, 6.07) is 8.60. The van der Waals surface area contributed by atoms with Crippen LogP contribution in [0.5, 0.6) is 5.75 Å². The average molecular weight is 271 g/mol. The number of rotatable bonds is 4. The fraction of sp³-hybridized carbons (Fsp3) is 0.667. The summed E-state index contributed by atoms with van der Waals surface area (Å²) in [5, 5.41) is 0. The van der Waals surface area contributed by atoms with Gasteiger partial charge in [-0.2, -0.15) is 0 Å². The van der Waals surface area contributed by atoms with E-state index in [1.165, 1.54) is 37.7 Å². The fourth-order valence-electron chi connectivity index (χ4n) is 5.13. The summed E-state index contributed by atoms with van der Waals surface area (Å²) < 4.78 is 6.39. The molecular formula is C18H25NO. The van der Waals surface area contributed by atoms with E-state index >= 15 is 0 Å². The van der Waals surface area contributed by atoms with Crippen LogP contribution in [0, 0.1) is 23.7 Å². The lowest BCUT2D eigenvalue weighted by molar-refractivity contribution is -0.0789. The van der Waals surface area contributed by atoms with Gasteiger partial charge in [0.15, 0.2) is 0 Å². The third-order valence-electron chi connectivity index (χ3n) is 5.77. The second kappa shape index (κ2) is 5.07. The zero-order valence-electron chi connectivity index (χ0n) is 12.1. The van der Waals surface area contributed by atoms with Crippen LogP contribution >= 0.6 is 0 Å². The highest BCUT2D eigenvalue weighted by molar-refractivity contribution is 5.28. The Kier molecular flexibility index (Phi) is 3.22. The maximum absolute atomic E-state index is 6.39. The van der Waals surface area contributed by atoms with E-state index in [4.69, 9.17) is 10.5 Å². The molecule has 0 unspecified atom stereocenters. The van der Waals surface area contributed by atoms with E-state index in [0.29, 0.717) is 6.10 Å². The third-order valence-corrected chi connectivity index (χ3v) is 5.77. The average Bonchev–Trinajstić information content (AvgIpc) is 2.44. The summed E-state index contributed by atoms with van der Waals surface area (Å²) in [5.41, 5.74) is 6.91. The van der Waals surface area contributed by atoms with Gasteiger partial charge in [-0.3, -0.25) is 0 Å². The van der Waals surface area contributed by atoms with Gasteiger partial charge < -0.3 is 10.5 Å². The molecule has 0 atom stereocenters. The van der Waals surface area contributed by atoms with Crippen molar-refractivity contribution in [3.8, 4) is 5.75 Å². The van der Waals surface area contributed by atoms with Gasteiger partial charge in [0, 0.05) is 0 Å². The largest absolute Gasteiger partial charge is 0.490 e. The zero-order chi connectivity index (χ0) is 13.5. The van der Waals surface area contributed by atoms with Gasteiger partial charge in [-0.05, 0) is 86.4 Å². The van der Waals surface area contributed by atoms with E-state index in [2.05, 4.69) is 24.3 Å². The molecule has 4 aliphatic carbocycles. The molecule has 20 heavy (non-hydrogen) atoms. The lowest BCUT2D eigenvalue weighted by atomic mass is 9.55. The van der Waals surface area contributed by atoms with Crippen LogP contribution in [0.15, 0.2) is 24.3 Å². The Hall–Kier alpha value is -1.02. The Morgan fingerprint density at radius 3 is 2.05 bits per heavy atom. The molecule has 0 heterocycles. The van der Waals surface area contributed by atoms with Crippen molar-refractivity contribution in [3.05, 3.63) is 29.8 Å². The molecule has 2 N–H and O–H groups in total. The van der Waals surface area contributed by atoms with Crippen LogP contribution in [0.4, 0.5) is 0 Å². The second-order valence-electron chi connectivity index (χ2n) is 7.20. The molecule has 108 valence electrons. The molecular weight excluding hydrogens is 246 g/mol. The Morgan fingerprint density at radius 1 is 0.900 bits per heavy atom. The standard InChI is InChI=1S/C18H25NO/c19-6-5-12-1-3-17(4-2-12)20-18-15-8-13-7-14(10-15)11-16(18)9-13/h1-4,13-16,18H,5-11,19H2. The van der Waals surface area contributed by atoms with Crippen LogP contribution in [0.25, 0.3) is 0 Å².